The number of benzene rings is 1. The monoisotopic (exact) mass is 247 g/mol. The van der Waals surface area contributed by atoms with E-state index < -0.39 is 0 Å². The van der Waals surface area contributed by atoms with Gasteiger partial charge in [0.2, 0.25) is 0 Å². The van der Waals surface area contributed by atoms with Crippen LogP contribution >= 0.6 is 0 Å². The average Bonchev–Trinajstić information content (AvgIpc) is 2.35. The summed E-state index contributed by atoms with van der Waals surface area (Å²) in [6.45, 7) is 6.10. The minimum atomic E-state index is 0.573. The number of nitrogens with two attached hydrogens (primary N) is 1. The molecule has 1 rings (SSSR count). The maximum atomic E-state index is 5.78. The molecule has 0 amide bonds. The minimum Gasteiger partial charge on any atom is -0.370 e. The molecule has 18 heavy (non-hydrogen) atoms. The van der Waals surface area contributed by atoms with E-state index in [1.165, 1.54) is 5.56 Å². The van der Waals surface area contributed by atoms with Gasteiger partial charge in [-0.15, -0.1) is 0 Å². The van der Waals surface area contributed by atoms with Crippen LogP contribution in [0.2, 0.25) is 0 Å². The van der Waals surface area contributed by atoms with Crippen LogP contribution in [0.4, 0.5) is 0 Å². The number of rotatable bonds is 7. The van der Waals surface area contributed by atoms with Gasteiger partial charge in [-0.1, -0.05) is 44.2 Å². The predicted molar refractivity (Wildman–Crippen MR) is 78.7 cm³/mol. The van der Waals surface area contributed by atoms with Crippen LogP contribution in [0, 0.1) is 5.92 Å². The summed E-state index contributed by atoms with van der Waals surface area (Å²) in [4.78, 5) is 4.32. The van der Waals surface area contributed by atoms with E-state index in [1.807, 2.05) is 6.07 Å². The average molecular weight is 247 g/mol. The lowest BCUT2D eigenvalue weighted by atomic mass is 10.1. The first-order valence-corrected chi connectivity index (χ1v) is 6.76. The third-order valence-electron chi connectivity index (χ3n) is 2.78. The molecule has 0 fully saturated rings. The Bertz CT molecular complexity index is 344. The van der Waals surface area contributed by atoms with Crippen LogP contribution in [0.3, 0.4) is 0 Å². The van der Waals surface area contributed by atoms with Crippen LogP contribution in [0.1, 0.15) is 32.3 Å². The Balaban J connectivity index is 2.12. The van der Waals surface area contributed by atoms with Crippen molar-refractivity contribution in [3.8, 4) is 0 Å². The summed E-state index contributed by atoms with van der Waals surface area (Å²) in [5, 5.41) is 3.14. The summed E-state index contributed by atoms with van der Waals surface area (Å²) in [7, 11) is 0. The molecule has 0 bridgehead atoms. The zero-order valence-corrected chi connectivity index (χ0v) is 11.5. The predicted octanol–water partition coefficient (Wildman–Crippen LogP) is 2.57. The molecule has 0 heterocycles. The Hall–Kier alpha value is -1.51. The van der Waals surface area contributed by atoms with E-state index in [0.29, 0.717) is 11.9 Å². The van der Waals surface area contributed by atoms with Crippen LogP contribution in [-0.2, 0) is 6.42 Å². The van der Waals surface area contributed by atoms with E-state index in [0.717, 1.165) is 32.4 Å². The fourth-order valence-electron chi connectivity index (χ4n) is 1.67. The van der Waals surface area contributed by atoms with Crippen molar-refractivity contribution in [3.63, 3.8) is 0 Å². The van der Waals surface area contributed by atoms with Gasteiger partial charge in [0.15, 0.2) is 5.96 Å². The van der Waals surface area contributed by atoms with Gasteiger partial charge in [0.1, 0.15) is 0 Å². The summed E-state index contributed by atoms with van der Waals surface area (Å²) in [6, 6.07) is 10.5. The van der Waals surface area contributed by atoms with Gasteiger partial charge in [0.05, 0.1) is 0 Å². The van der Waals surface area contributed by atoms with Crippen molar-refractivity contribution >= 4 is 5.96 Å². The maximum Gasteiger partial charge on any atom is 0.188 e. The second-order valence-electron chi connectivity index (χ2n) is 4.97. The molecule has 1 aromatic carbocycles. The third kappa shape index (κ3) is 6.94. The van der Waals surface area contributed by atoms with Crippen molar-refractivity contribution in [2.75, 3.05) is 13.1 Å². The van der Waals surface area contributed by atoms with Gasteiger partial charge in [0.25, 0.3) is 0 Å². The molecule has 3 heteroatoms. The van der Waals surface area contributed by atoms with Crippen LogP contribution in [-0.4, -0.2) is 19.0 Å². The Morgan fingerprint density at radius 3 is 2.67 bits per heavy atom. The number of guanidine groups is 1. The smallest absolute Gasteiger partial charge is 0.188 e. The summed E-state index contributed by atoms with van der Waals surface area (Å²) in [6.07, 6.45) is 3.22. The van der Waals surface area contributed by atoms with Crippen LogP contribution in [0.5, 0.6) is 0 Å². The third-order valence-corrected chi connectivity index (χ3v) is 2.78. The molecule has 0 atom stereocenters. The summed E-state index contributed by atoms with van der Waals surface area (Å²) >= 11 is 0. The first-order valence-electron chi connectivity index (χ1n) is 6.76. The zero-order chi connectivity index (χ0) is 13.2. The van der Waals surface area contributed by atoms with E-state index in [4.69, 9.17) is 5.73 Å². The molecule has 0 spiro atoms. The van der Waals surface area contributed by atoms with Crippen LogP contribution in [0.25, 0.3) is 0 Å². The SMILES string of the molecule is CC(C)CCNC(N)=NCCCc1ccccc1. The molecule has 0 saturated heterocycles. The van der Waals surface area contributed by atoms with E-state index in [2.05, 4.69) is 48.4 Å². The molecule has 0 aliphatic rings. The quantitative estimate of drug-likeness (QED) is 0.442. The van der Waals surface area contributed by atoms with Crippen molar-refractivity contribution in [2.45, 2.75) is 33.1 Å². The van der Waals surface area contributed by atoms with Crippen molar-refractivity contribution < 1.29 is 0 Å². The fraction of sp³-hybridized carbons (Fsp3) is 0.533. The standard InChI is InChI=1S/C15H25N3/c1-13(2)10-12-18-15(16)17-11-6-9-14-7-4-3-5-8-14/h3-5,7-8,13H,6,9-12H2,1-2H3,(H3,16,17,18). The lowest BCUT2D eigenvalue weighted by Crippen LogP contribution is -2.33. The first-order chi connectivity index (χ1) is 8.68. The highest BCUT2D eigenvalue weighted by molar-refractivity contribution is 5.77. The molecule has 100 valence electrons. The zero-order valence-electron chi connectivity index (χ0n) is 11.5. The number of hydrogen-bond donors (Lipinski definition) is 2. The molecule has 1 aromatic rings. The lowest BCUT2D eigenvalue weighted by molar-refractivity contribution is 0.576. The van der Waals surface area contributed by atoms with E-state index >= 15 is 0 Å². The maximum absolute atomic E-state index is 5.78. The molecule has 0 aliphatic carbocycles. The number of aliphatic imine (C=N–C) groups is 1. The highest BCUT2D eigenvalue weighted by atomic mass is 15.1. The molecule has 0 radical (unpaired) electrons. The Kier molecular flexibility index (Phi) is 6.92. The first kappa shape index (κ1) is 14.6. The van der Waals surface area contributed by atoms with Crippen molar-refractivity contribution in [3.05, 3.63) is 35.9 Å². The van der Waals surface area contributed by atoms with Gasteiger partial charge in [-0.3, -0.25) is 4.99 Å². The summed E-state index contributed by atoms with van der Waals surface area (Å²) in [5.41, 5.74) is 7.14. The summed E-state index contributed by atoms with van der Waals surface area (Å²) in [5.74, 6) is 1.27. The van der Waals surface area contributed by atoms with Gasteiger partial charge >= 0.3 is 0 Å². The van der Waals surface area contributed by atoms with Gasteiger partial charge in [0, 0.05) is 13.1 Å². The highest BCUT2D eigenvalue weighted by Crippen LogP contribution is 2.02. The van der Waals surface area contributed by atoms with Crippen molar-refractivity contribution in [2.24, 2.45) is 16.6 Å². The highest BCUT2D eigenvalue weighted by Gasteiger charge is 1.95. The molecule has 0 aromatic heterocycles. The number of hydrogen-bond acceptors (Lipinski definition) is 1. The molecule has 0 saturated carbocycles. The molecule has 0 aliphatic heterocycles. The Morgan fingerprint density at radius 1 is 1.28 bits per heavy atom. The number of nitrogens with zero attached hydrogens (tertiary/aromatic N) is 1. The second-order valence-corrected chi connectivity index (χ2v) is 4.97. The second kappa shape index (κ2) is 8.56. The van der Waals surface area contributed by atoms with Crippen molar-refractivity contribution in [1.82, 2.24) is 5.32 Å². The van der Waals surface area contributed by atoms with Gasteiger partial charge in [-0.2, -0.15) is 0 Å². The molecule has 0 unspecified atom stereocenters. The summed E-state index contributed by atoms with van der Waals surface area (Å²) < 4.78 is 0. The van der Waals surface area contributed by atoms with Gasteiger partial charge in [-0.25, -0.2) is 0 Å². The van der Waals surface area contributed by atoms with Gasteiger partial charge in [-0.05, 0) is 30.7 Å². The fourth-order valence-corrected chi connectivity index (χ4v) is 1.67. The van der Waals surface area contributed by atoms with E-state index in [9.17, 15) is 0 Å². The van der Waals surface area contributed by atoms with Crippen molar-refractivity contribution in [1.29, 1.82) is 0 Å². The number of aryl methyl sites for hydroxylation is 1. The van der Waals surface area contributed by atoms with E-state index in [-0.39, 0.29) is 0 Å². The molecule has 3 nitrogen and oxygen atoms in total. The largest absolute Gasteiger partial charge is 0.370 e. The lowest BCUT2D eigenvalue weighted by Gasteiger charge is -2.07. The Morgan fingerprint density at radius 2 is 2.00 bits per heavy atom. The van der Waals surface area contributed by atoms with Crippen LogP contribution in [0.15, 0.2) is 35.3 Å². The molecular weight excluding hydrogens is 222 g/mol. The van der Waals surface area contributed by atoms with Crippen LogP contribution < -0.4 is 11.1 Å². The molecule has 3 N–H and O–H groups in total. The van der Waals surface area contributed by atoms with E-state index in [1.54, 1.807) is 0 Å². The minimum absolute atomic E-state index is 0.573. The topological polar surface area (TPSA) is 50.4 Å². The number of nitrogens with one attached hydrogen (secondary N) is 1. The van der Waals surface area contributed by atoms with Gasteiger partial charge < -0.3 is 11.1 Å². The Labute approximate surface area is 111 Å². The normalized spacial score (nSPS) is 11.8. The molecular formula is C15H25N3.